The third-order valence-electron chi connectivity index (χ3n) is 3.70. The predicted molar refractivity (Wildman–Crippen MR) is 75.0 cm³/mol. The first-order valence-corrected chi connectivity index (χ1v) is 6.73. The SMILES string of the molecule is CC(=O)c1ccc(NC(=O)C2CCC(N)CC2)cc1. The highest BCUT2D eigenvalue weighted by molar-refractivity contribution is 5.96. The first kappa shape index (κ1) is 13.7. The zero-order valence-electron chi connectivity index (χ0n) is 11.2. The summed E-state index contributed by atoms with van der Waals surface area (Å²) in [5, 5.41) is 2.90. The topological polar surface area (TPSA) is 72.2 Å². The van der Waals surface area contributed by atoms with Crippen LogP contribution < -0.4 is 11.1 Å². The Bertz CT molecular complexity index is 460. The van der Waals surface area contributed by atoms with Gasteiger partial charge in [0.25, 0.3) is 0 Å². The molecule has 0 spiro atoms. The van der Waals surface area contributed by atoms with Crippen LogP contribution in [0.15, 0.2) is 24.3 Å². The number of carbonyl (C=O) groups is 2. The van der Waals surface area contributed by atoms with E-state index in [0.717, 1.165) is 31.4 Å². The van der Waals surface area contributed by atoms with E-state index in [2.05, 4.69) is 5.32 Å². The summed E-state index contributed by atoms with van der Waals surface area (Å²) in [6.45, 7) is 1.53. The molecule has 102 valence electrons. The van der Waals surface area contributed by atoms with E-state index in [9.17, 15) is 9.59 Å². The molecule has 1 aromatic rings. The largest absolute Gasteiger partial charge is 0.328 e. The number of hydrogen-bond donors (Lipinski definition) is 2. The maximum Gasteiger partial charge on any atom is 0.227 e. The molecule has 0 aromatic heterocycles. The first-order valence-electron chi connectivity index (χ1n) is 6.73. The summed E-state index contributed by atoms with van der Waals surface area (Å²) in [4.78, 5) is 23.2. The second-order valence-corrected chi connectivity index (χ2v) is 5.23. The normalized spacial score (nSPS) is 22.8. The van der Waals surface area contributed by atoms with Gasteiger partial charge in [0.2, 0.25) is 5.91 Å². The number of anilines is 1. The number of hydrogen-bond acceptors (Lipinski definition) is 3. The summed E-state index contributed by atoms with van der Waals surface area (Å²) in [6.07, 6.45) is 3.56. The van der Waals surface area contributed by atoms with E-state index >= 15 is 0 Å². The van der Waals surface area contributed by atoms with Crippen LogP contribution in [0.4, 0.5) is 5.69 Å². The molecule has 0 unspecified atom stereocenters. The van der Waals surface area contributed by atoms with Crippen LogP contribution in [0.2, 0.25) is 0 Å². The van der Waals surface area contributed by atoms with Crippen molar-refractivity contribution >= 4 is 17.4 Å². The number of amides is 1. The van der Waals surface area contributed by atoms with Crippen LogP contribution in [0.5, 0.6) is 0 Å². The molecule has 0 saturated heterocycles. The van der Waals surface area contributed by atoms with Gasteiger partial charge in [-0.05, 0) is 56.9 Å². The number of nitrogens with one attached hydrogen (secondary N) is 1. The molecule has 0 aliphatic heterocycles. The summed E-state index contributed by atoms with van der Waals surface area (Å²) >= 11 is 0. The van der Waals surface area contributed by atoms with Crippen molar-refractivity contribution in [3.05, 3.63) is 29.8 Å². The quantitative estimate of drug-likeness (QED) is 0.819. The molecule has 1 aliphatic rings. The second-order valence-electron chi connectivity index (χ2n) is 5.23. The summed E-state index contributed by atoms with van der Waals surface area (Å²) in [5.41, 5.74) is 7.23. The molecule has 1 aromatic carbocycles. The number of ketones is 1. The van der Waals surface area contributed by atoms with Crippen molar-refractivity contribution in [1.29, 1.82) is 0 Å². The Hall–Kier alpha value is -1.68. The van der Waals surface area contributed by atoms with E-state index in [1.54, 1.807) is 24.3 Å². The zero-order valence-corrected chi connectivity index (χ0v) is 11.2. The molecule has 1 fully saturated rings. The standard InChI is InChI=1S/C15H20N2O2/c1-10(18)11-4-8-14(9-5-11)17-15(19)12-2-6-13(16)7-3-12/h4-5,8-9,12-13H,2-3,6-7,16H2,1H3,(H,17,19). The molecule has 4 nitrogen and oxygen atoms in total. The van der Waals surface area contributed by atoms with Crippen LogP contribution >= 0.6 is 0 Å². The van der Waals surface area contributed by atoms with E-state index in [-0.39, 0.29) is 23.7 Å². The fraction of sp³-hybridized carbons (Fsp3) is 0.467. The molecule has 2 rings (SSSR count). The number of carbonyl (C=O) groups excluding carboxylic acids is 2. The number of nitrogens with two attached hydrogens (primary N) is 1. The molecule has 4 heteroatoms. The first-order chi connectivity index (χ1) is 9.06. The van der Waals surface area contributed by atoms with Gasteiger partial charge in [-0.15, -0.1) is 0 Å². The van der Waals surface area contributed by atoms with Gasteiger partial charge >= 0.3 is 0 Å². The molecule has 1 aliphatic carbocycles. The molecule has 1 saturated carbocycles. The summed E-state index contributed by atoms with van der Waals surface area (Å²) in [6, 6.07) is 7.24. The molecule has 0 bridgehead atoms. The number of Topliss-reactive ketones (excluding diaryl/α,β-unsaturated/α-hetero) is 1. The van der Waals surface area contributed by atoms with Gasteiger partial charge in [-0.3, -0.25) is 9.59 Å². The highest BCUT2D eigenvalue weighted by atomic mass is 16.2. The maximum atomic E-state index is 12.1. The van der Waals surface area contributed by atoms with Crippen LogP contribution in [0.25, 0.3) is 0 Å². The van der Waals surface area contributed by atoms with E-state index in [1.165, 1.54) is 6.92 Å². The molecule has 1 amide bonds. The maximum absolute atomic E-state index is 12.1. The van der Waals surface area contributed by atoms with Gasteiger partial charge in [0, 0.05) is 23.2 Å². The molecule has 0 atom stereocenters. The Morgan fingerprint density at radius 3 is 2.21 bits per heavy atom. The van der Waals surface area contributed by atoms with Crippen molar-refractivity contribution in [2.45, 2.75) is 38.6 Å². The molecular weight excluding hydrogens is 240 g/mol. The number of rotatable bonds is 3. The third-order valence-corrected chi connectivity index (χ3v) is 3.70. The van der Waals surface area contributed by atoms with E-state index in [0.29, 0.717) is 5.56 Å². The van der Waals surface area contributed by atoms with E-state index in [1.807, 2.05) is 0 Å². The summed E-state index contributed by atoms with van der Waals surface area (Å²) in [7, 11) is 0. The zero-order chi connectivity index (χ0) is 13.8. The van der Waals surface area contributed by atoms with Crippen molar-refractivity contribution in [3.63, 3.8) is 0 Å². The van der Waals surface area contributed by atoms with Crippen LogP contribution in [-0.4, -0.2) is 17.7 Å². The smallest absolute Gasteiger partial charge is 0.227 e. The van der Waals surface area contributed by atoms with Gasteiger partial charge in [0.15, 0.2) is 5.78 Å². The third kappa shape index (κ3) is 3.64. The predicted octanol–water partition coefficient (Wildman–Crippen LogP) is 2.35. The van der Waals surface area contributed by atoms with Gasteiger partial charge in [-0.25, -0.2) is 0 Å². The minimum Gasteiger partial charge on any atom is -0.328 e. The van der Waals surface area contributed by atoms with Gasteiger partial charge in [0.05, 0.1) is 0 Å². The van der Waals surface area contributed by atoms with Crippen molar-refractivity contribution in [2.75, 3.05) is 5.32 Å². The Morgan fingerprint density at radius 1 is 1.11 bits per heavy atom. The number of benzene rings is 1. The monoisotopic (exact) mass is 260 g/mol. The van der Waals surface area contributed by atoms with E-state index in [4.69, 9.17) is 5.73 Å². The molecule has 0 radical (unpaired) electrons. The Morgan fingerprint density at radius 2 is 1.68 bits per heavy atom. The minimum absolute atomic E-state index is 0.0270. The van der Waals surface area contributed by atoms with Crippen LogP contribution in [-0.2, 0) is 4.79 Å². The summed E-state index contributed by atoms with van der Waals surface area (Å²) in [5.74, 6) is 0.147. The van der Waals surface area contributed by atoms with Crippen molar-refractivity contribution < 1.29 is 9.59 Å². The Labute approximate surface area is 113 Å². The molecular formula is C15H20N2O2. The Balaban J connectivity index is 1.93. The highest BCUT2D eigenvalue weighted by Gasteiger charge is 2.24. The van der Waals surface area contributed by atoms with Gasteiger partial charge in [-0.2, -0.15) is 0 Å². The Kier molecular flexibility index (Phi) is 4.32. The second kappa shape index (κ2) is 5.97. The lowest BCUT2D eigenvalue weighted by Gasteiger charge is -2.25. The average molecular weight is 260 g/mol. The van der Waals surface area contributed by atoms with E-state index < -0.39 is 0 Å². The fourth-order valence-electron chi connectivity index (χ4n) is 2.41. The van der Waals surface area contributed by atoms with Crippen molar-refractivity contribution in [1.82, 2.24) is 0 Å². The lowest BCUT2D eigenvalue weighted by Crippen LogP contribution is -2.32. The molecule has 3 N–H and O–H groups in total. The van der Waals surface area contributed by atoms with Gasteiger partial charge in [-0.1, -0.05) is 0 Å². The van der Waals surface area contributed by atoms with Crippen molar-refractivity contribution in [2.24, 2.45) is 11.7 Å². The van der Waals surface area contributed by atoms with Gasteiger partial charge < -0.3 is 11.1 Å². The molecule has 0 heterocycles. The van der Waals surface area contributed by atoms with Crippen LogP contribution in [0, 0.1) is 5.92 Å². The van der Waals surface area contributed by atoms with Crippen molar-refractivity contribution in [3.8, 4) is 0 Å². The van der Waals surface area contributed by atoms with Crippen LogP contribution in [0.1, 0.15) is 43.0 Å². The summed E-state index contributed by atoms with van der Waals surface area (Å²) < 4.78 is 0. The minimum atomic E-state index is 0.0270. The lowest BCUT2D eigenvalue weighted by molar-refractivity contribution is -0.120. The average Bonchev–Trinajstić information content (AvgIpc) is 2.40. The highest BCUT2D eigenvalue weighted by Crippen LogP contribution is 2.24. The molecule has 19 heavy (non-hydrogen) atoms. The fourth-order valence-corrected chi connectivity index (χ4v) is 2.41. The van der Waals surface area contributed by atoms with Crippen LogP contribution in [0.3, 0.4) is 0 Å². The van der Waals surface area contributed by atoms with Gasteiger partial charge in [0.1, 0.15) is 0 Å². The lowest BCUT2D eigenvalue weighted by atomic mass is 9.86.